The normalized spacial score (nSPS) is 11.7. The van der Waals surface area contributed by atoms with E-state index in [1.807, 2.05) is 37.4 Å². The number of fused-ring (bicyclic) bond motifs is 1. The number of nitriles is 1. The molecule has 0 spiro atoms. The highest BCUT2D eigenvalue weighted by atomic mass is 16.1. The van der Waals surface area contributed by atoms with Crippen LogP contribution < -0.4 is 5.32 Å². The van der Waals surface area contributed by atoms with Crippen LogP contribution in [0.3, 0.4) is 0 Å². The number of carbonyl (C=O) groups is 1. The van der Waals surface area contributed by atoms with E-state index in [1.54, 1.807) is 6.08 Å². The fourth-order valence-electron chi connectivity index (χ4n) is 2.77. The van der Waals surface area contributed by atoms with Crippen LogP contribution in [0.1, 0.15) is 25.3 Å². The molecule has 2 rings (SSSR count). The molecule has 1 N–H and O–H groups in total. The van der Waals surface area contributed by atoms with Gasteiger partial charge in [0.1, 0.15) is 11.6 Å². The van der Waals surface area contributed by atoms with E-state index < -0.39 is 0 Å². The minimum Gasteiger partial charge on any atom is -0.351 e. The molecule has 1 heterocycles. The van der Waals surface area contributed by atoms with Crippen molar-refractivity contribution in [2.45, 2.75) is 26.3 Å². The number of benzene rings is 1. The Kier molecular flexibility index (Phi) is 6.79. The SMILES string of the molecule is CCCNC(=O)C(C#N)=Cc1cn(CCCN(C)C)c2ccccc12. The van der Waals surface area contributed by atoms with Crippen LogP contribution in [0.4, 0.5) is 0 Å². The zero-order chi connectivity index (χ0) is 18.2. The van der Waals surface area contributed by atoms with Gasteiger partial charge in [-0.2, -0.15) is 5.26 Å². The molecule has 0 radical (unpaired) electrons. The number of hydrogen-bond donors (Lipinski definition) is 1. The topological polar surface area (TPSA) is 61.1 Å². The number of rotatable bonds is 8. The van der Waals surface area contributed by atoms with Crippen molar-refractivity contribution in [3.8, 4) is 6.07 Å². The summed E-state index contributed by atoms with van der Waals surface area (Å²) in [6.45, 7) is 4.47. The molecule has 0 fully saturated rings. The van der Waals surface area contributed by atoms with Crippen LogP contribution >= 0.6 is 0 Å². The van der Waals surface area contributed by atoms with Gasteiger partial charge >= 0.3 is 0 Å². The molecule has 25 heavy (non-hydrogen) atoms. The van der Waals surface area contributed by atoms with Crippen LogP contribution in [0, 0.1) is 11.3 Å². The number of nitrogens with zero attached hydrogens (tertiary/aromatic N) is 3. The molecule has 5 nitrogen and oxygen atoms in total. The van der Waals surface area contributed by atoms with Gasteiger partial charge in [0.15, 0.2) is 0 Å². The summed E-state index contributed by atoms with van der Waals surface area (Å²) in [4.78, 5) is 14.3. The fourth-order valence-corrected chi connectivity index (χ4v) is 2.77. The average molecular weight is 338 g/mol. The van der Waals surface area contributed by atoms with E-state index in [9.17, 15) is 10.1 Å². The van der Waals surface area contributed by atoms with Crippen molar-refractivity contribution in [1.29, 1.82) is 5.26 Å². The van der Waals surface area contributed by atoms with Crippen molar-refractivity contribution in [3.05, 3.63) is 41.6 Å². The summed E-state index contributed by atoms with van der Waals surface area (Å²) in [5.41, 5.74) is 2.17. The van der Waals surface area contributed by atoms with E-state index in [-0.39, 0.29) is 11.5 Å². The molecule has 1 aromatic heterocycles. The lowest BCUT2D eigenvalue weighted by Gasteiger charge is -2.10. The van der Waals surface area contributed by atoms with Gasteiger partial charge in [-0.15, -0.1) is 0 Å². The molecule has 1 amide bonds. The van der Waals surface area contributed by atoms with Gasteiger partial charge in [0.25, 0.3) is 5.91 Å². The predicted octanol–water partition coefficient (Wildman–Crippen LogP) is 3.03. The highest BCUT2D eigenvalue weighted by molar-refractivity contribution is 6.04. The van der Waals surface area contributed by atoms with Crippen LogP contribution in [0.15, 0.2) is 36.0 Å². The van der Waals surface area contributed by atoms with Crippen molar-refractivity contribution in [3.63, 3.8) is 0 Å². The summed E-state index contributed by atoms with van der Waals surface area (Å²) in [5.74, 6) is -0.311. The van der Waals surface area contributed by atoms with Gasteiger partial charge in [0, 0.05) is 35.8 Å². The molecule has 0 atom stereocenters. The minimum atomic E-state index is -0.311. The first-order valence-corrected chi connectivity index (χ1v) is 8.69. The van der Waals surface area contributed by atoms with Crippen LogP contribution in [0.25, 0.3) is 17.0 Å². The summed E-state index contributed by atoms with van der Waals surface area (Å²) in [6, 6.07) is 10.1. The molecule has 132 valence electrons. The molecular weight excluding hydrogens is 312 g/mol. The van der Waals surface area contributed by atoms with E-state index in [0.717, 1.165) is 42.4 Å². The quantitative estimate of drug-likeness (QED) is 0.594. The lowest BCUT2D eigenvalue weighted by atomic mass is 10.1. The van der Waals surface area contributed by atoms with Crippen LogP contribution in [-0.4, -0.2) is 42.6 Å². The van der Waals surface area contributed by atoms with Crippen LogP contribution in [-0.2, 0) is 11.3 Å². The monoisotopic (exact) mass is 338 g/mol. The maximum Gasteiger partial charge on any atom is 0.261 e. The van der Waals surface area contributed by atoms with Crippen LogP contribution in [0.5, 0.6) is 0 Å². The van der Waals surface area contributed by atoms with Gasteiger partial charge in [0.05, 0.1) is 0 Å². The van der Waals surface area contributed by atoms with Crippen molar-refractivity contribution < 1.29 is 4.79 Å². The second-order valence-corrected chi connectivity index (χ2v) is 6.38. The summed E-state index contributed by atoms with van der Waals surface area (Å²) in [6.07, 6.45) is 5.60. The zero-order valence-corrected chi connectivity index (χ0v) is 15.2. The van der Waals surface area contributed by atoms with Crippen molar-refractivity contribution in [2.24, 2.45) is 0 Å². The average Bonchev–Trinajstić information content (AvgIpc) is 2.95. The Bertz CT molecular complexity index is 796. The van der Waals surface area contributed by atoms with E-state index in [4.69, 9.17) is 0 Å². The summed E-state index contributed by atoms with van der Waals surface area (Å²) in [7, 11) is 4.13. The third kappa shape index (κ3) is 4.94. The molecule has 0 saturated carbocycles. The highest BCUT2D eigenvalue weighted by Gasteiger charge is 2.11. The molecule has 0 aliphatic rings. The zero-order valence-electron chi connectivity index (χ0n) is 15.2. The molecule has 2 aromatic rings. The second-order valence-electron chi connectivity index (χ2n) is 6.38. The summed E-state index contributed by atoms with van der Waals surface area (Å²) < 4.78 is 2.20. The van der Waals surface area contributed by atoms with Gasteiger partial charge in [-0.1, -0.05) is 25.1 Å². The van der Waals surface area contributed by atoms with Gasteiger partial charge in [-0.3, -0.25) is 4.79 Å². The Morgan fingerprint density at radius 3 is 2.80 bits per heavy atom. The first-order valence-electron chi connectivity index (χ1n) is 8.69. The van der Waals surface area contributed by atoms with Crippen molar-refractivity contribution in [2.75, 3.05) is 27.2 Å². The van der Waals surface area contributed by atoms with Crippen molar-refractivity contribution in [1.82, 2.24) is 14.8 Å². The number of aromatic nitrogens is 1. The van der Waals surface area contributed by atoms with E-state index in [2.05, 4.69) is 34.9 Å². The van der Waals surface area contributed by atoms with Gasteiger partial charge < -0.3 is 14.8 Å². The predicted molar refractivity (Wildman–Crippen MR) is 102 cm³/mol. The molecular formula is C20H26N4O. The Hall–Kier alpha value is -2.58. The molecule has 0 aliphatic heterocycles. The number of amides is 1. The number of carbonyl (C=O) groups excluding carboxylic acids is 1. The maximum absolute atomic E-state index is 12.1. The van der Waals surface area contributed by atoms with E-state index >= 15 is 0 Å². The smallest absolute Gasteiger partial charge is 0.261 e. The van der Waals surface area contributed by atoms with Gasteiger partial charge in [-0.25, -0.2) is 0 Å². The third-order valence-corrected chi connectivity index (χ3v) is 4.02. The van der Waals surface area contributed by atoms with E-state index in [0.29, 0.717) is 6.54 Å². The molecule has 0 aliphatic carbocycles. The standard InChI is InChI=1S/C20H26N4O/c1-4-10-22-20(25)16(14-21)13-17-15-24(12-7-11-23(2)3)19-9-6-5-8-18(17)19/h5-6,8-9,13,15H,4,7,10-12H2,1-3H3,(H,22,25). The first kappa shape index (κ1) is 18.8. The number of nitrogens with one attached hydrogen (secondary N) is 1. The number of aryl methyl sites for hydroxylation is 1. The molecule has 0 bridgehead atoms. The number of hydrogen-bond acceptors (Lipinski definition) is 3. The lowest BCUT2D eigenvalue weighted by molar-refractivity contribution is -0.117. The molecule has 0 saturated heterocycles. The van der Waals surface area contributed by atoms with Crippen LogP contribution in [0.2, 0.25) is 0 Å². The van der Waals surface area contributed by atoms with E-state index in [1.165, 1.54) is 0 Å². The largest absolute Gasteiger partial charge is 0.351 e. The molecule has 1 aromatic carbocycles. The number of para-hydroxylation sites is 1. The first-order chi connectivity index (χ1) is 12.1. The fraction of sp³-hybridized carbons (Fsp3) is 0.400. The summed E-state index contributed by atoms with van der Waals surface area (Å²) in [5, 5.41) is 13.2. The molecule has 0 unspecified atom stereocenters. The van der Waals surface area contributed by atoms with Gasteiger partial charge in [-0.05, 0) is 45.6 Å². The Balaban J connectivity index is 2.32. The summed E-state index contributed by atoms with van der Waals surface area (Å²) >= 11 is 0. The highest BCUT2D eigenvalue weighted by Crippen LogP contribution is 2.24. The minimum absolute atomic E-state index is 0.143. The lowest BCUT2D eigenvalue weighted by Crippen LogP contribution is -2.25. The van der Waals surface area contributed by atoms with Crippen molar-refractivity contribution >= 4 is 22.9 Å². The Labute approximate surface area is 149 Å². The molecule has 5 heteroatoms. The maximum atomic E-state index is 12.1. The Morgan fingerprint density at radius 2 is 2.12 bits per heavy atom. The second kappa shape index (κ2) is 9.05. The van der Waals surface area contributed by atoms with Gasteiger partial charge in [0.2, 0.25) is 0 Å². The Morgan fingerprint density at radius 1 is 1.36 bits per heavy atom. The third-order valence-electron chi connectivity index (χ3n) is 4.02.